The standard InChI is InChI=1S/C19H16BrN5O/c20-16-5-7-17(8-6-16)26-10-9-24-12-15(11-23-25-13-21-22-14-25)18-3-1-2-4-19(18)24/h1-8,11-14H,9-10H2/b23-11+. The zero-order valence-corrected chi connectivity index (χ0v) is 15.5. The van der Waals surface area contributed by atoms with E-state index in [4.69, 9.17) is 4.74 Å². The molecule has 2 aromatic heterocycles. The van der Waals surface area contributed by atoms with Crippen LogP contribution in [-0.4, -0.2) is 32.3 Å². The van der Waals surface area contributed by atoms with E-state index in [2.05, 4.69) is 54.1 Å². The Kier molecular flexibility index (Phi) is 4.79. The number of para-hydroxylation sites is 1. The fourth-order valence-corrected chi connectivity index (χ4v) is 3.00. The Hall–Kier alpha value is -2.93. The Morgan fingerprint density at radius 1 is 1.04 bits per heavy atom. The summed E-state index contributed by atoms with van der Waals surface area (Å²) in [6.07, 6.45) is 7.02. The van der Waals surface area contributed by atoms with Crippen LogP contribution in [0.4, 0.5) is 0 Å². The van der Waals surface area contributed by atoms with Crippen LogP contribution < -0.4 is 4.74 Å². The fraction of sp³-hybridized carbons (Fsp3) is 0.105. The van der Waals surface area contributed by atoms with Crippen LogP contribution in [0, 0.1) is 0 Å². The smallest absolute Gasteiger partial charge is 0.141 e. The van der Waals surface area contributed by atoms with Crippen LogP contribution in [0.1, 0.15) is 5.56 Å². The Morgan fingerprint density at radius 3 is 2.62 bits per heavy atom. The Labute approximate surface area is 158 Å². The summed E-state index contributed by atoms with van der Waals surface area (Å²) in [6, 6.07) is 16.1. The molecule has 0 spiro atoms. The molecule has 2 aromatic carbocycles. The van der Waals surface area contributed by atoms with Gasteiger partial charge in [-0.25, -0.2) is 4.68 Å². The Balaban J connectivity index is 1.52. The molecule has 0 atom stereocenters. The molecule has 0 aliphatic rings. The van der Waals surface area contributed by atoms with Crippen LogP contribution >= 0.6 is 15.9 Å². The monoisotopic (exact) mass is 409 g/mol. The first-order valence-electron chi connectivity index (χ1n) is 8.15. The minimum Gasteiger partial charge on any atom is -0.492 e. The van der Waals surface area contributed by atoms with Gasteiger partial charge in [0.25, 0.3) is 0 Å². The van der Waals surface area contributed by atoms with Crippen molar-refractivity contribution in [2.75, 3.05) is 6.61 Å². The number of fused-ring (bicyclic) bond motifs is 1. The van der Waals surface area contributed by atoms with Crippen molar-refractivity contribution in [3.63, 3.8) is 0 Å². The number of benzene rings is 2. The van der Waals surface area contributed by atoms with Gasteiger partial charge in [0.15, 0.2) is 0 Å². The molecule has 0 bridgehead atoms. The number of halogens is 1. The predicted octanol–water partition coefficient (Wildman–Crippen LogP) is 3.96. The van der Waals surface area contributed by atoms with Gasteiger partial charge in [0.1, 0.15) is 25.0 Å². The third-order valence-electron chi connectivity index (χ3n) is 3.97. The topological polar surface area (TPSA) is 57.2 Å². The van der Waals surface area contributed by atoms with Crippen molar-refractivity contribution >= 4 is 33.0 Å². The van der Waals surface area contributed by atoms with E-state index in [0.717, 1.165) is 33.2 Å². The normalized spacial score (nSPS) is 11.4. The van der Waals surface area contributed by atoms with Crippen molar-refractivity contribution in [2.24, 2.45) is 5.10 Å². The first-order valence-corrected chi connectivity index (χ1v) is 8.94. The highest BCUT2D eigenvalue weighted by Crippen LogP contribution is 2.21. The average molecular weight is 410 g/mol. The van der Waals surface area contributed by atoms with Crippen LogP contribution in [0.2, 0.25) is 0 Å². The minimum absolute atomic E-state index is 0.586. The maximum Gasteiger partial charge on any atom is 0.141 e. The highest BCUT2D eigenvalue weighted by molar-refractivity contribution is 9.10. The van der Waals surface area contributed by atoms with Gasteiger partial charge in [-0.3, -0.25) is 0 Å². The fourth-order valence-electron chi connectivity index (χ4n) is 2.74. The summed E-state index contributed by atoms with van der Waals surface area (Å²) in [5.74, 6) is 0.860. The van der Waals surface area contributed by atoms with Gasteiger partial charge in [-0.2, -0.15) is 5.10 Å². The summed E-state index contributed by atoms with van der Waals surface area (Å²) in [5.41, 5.74) is 2.19. The maximum absolute atomic E-state index is 5.85. The number of rotatable bonds is 6. The second-order valence-electron chi connectivity index (χ2n) is 5.68. The highest BCUT2D eigenvalue weighted by Gasteiger charge is 2.07. The summed E-state index contributed by atoms with van der Waals surface area (Å²) in [4.78, 5) is 0. The van der Waals surface area contributed by atoms with Crippen LogP contribution in [0.25, 0.3) is 10.9 Å². The lowest BCUT2D eigenvalue weighted by Gasteiger charge is -2.08. The first-order chi connectivity index (χ1) is 12.8. The molecule has 0 radical (unpaired) electrons. The maximum atomic E-state index is 5.85. The van der Waals surface area contributed by atoms with Gasteiger partial charge in [0.05, 0.1) is 12.8 Å². The van der Waals surface area contributed by atoms with Gasteiger partial charge in [-0.05, 0) is 30.3 Å². The molecule has 0 N–H and O–H groups in total. The second-order valence-corrected chi connectivity index (χ2v) is 6.60. The molecule has 26 heavy (non-hydrogen) atoms. The molecule has 2 heterocycles. The third kappa shape index (κ3) is 3.67. The molecule has 130 valence electrons. The number of hydrogen-bond acceptors (Lipinski definition) is 4. The summed E-state index contributed by atoms with van der Waals surface area (Å²) >= 11 is 3.43. The van der Waals surface area contributed by atoms with Gasteiger partial charge >= 0.3 is 0 Å². The third-order valence-corrected chi connectivity index (χ3v) is 4.50. The molecule has 0 aliphatic carbocycles. The highest BCUT2D eigenvalue weighted by atomic mass is 79.9. The molecule has 0 unspecified atom stereocenters. The van der Waals surface area contributed by atoms with Crippen molar-refractivity contribution in [1.29, 1.82) is 0 Å². The van der Waals surface area contributed by atoms with Crippen molar-refractivity contribution < 1.29 is 4.74 Å². The van der Waals surface area contributed by atoms with Gasteiger partial charge in [-0.1, -0.05) is 34.1 Å². The molecular weight excluding hydrogens is 394 g/mol. The molecule has 0 amide bonds. The largest absolute Gasteiger partial charge is 0.492 e. The van der Waals surface area contributed by atoms with E-state index >= 15 is 0 Å². The van der Waals surface area contributed by atoms with Crippen LogP contribution in [0.3, 0.4) is 0 Å². The number of nitrogens with zero attached hydrogens (tertiary/aromatic N) is 5. The summed E-state index contributed by atoms with van der Waals surface area (Å²) in [5, 5.41) is 13.0. The zero-order valence-electron chi connectivity index (χ0n) is 13.9. The van der Waals surface area contributed by atoms with E-state index in [0.29, 0.717) is 6.61 Å². The van der Waals surface area contributed by atoms with Crippen molar-refractivity contribution in [3.05, 3.63) is 77.4 Å². The van der Waals surface area contributed by atoms with Crippen LogP contribution in [0.5, 0.6) is 5.75 Å². The quantitative estimate of drug-likeness (QED) is 0.453. The van der Waals surface area contributed by atoms with Crippen molar-refractivity contribution in [3.8, 4) is 5.75 Å². The molecular formula is C19H16BrN5O. The second kappa shape index (κ2) is 7.53. The summed E-state index contributed by atoms with van der Waals surface area (Å²) in [7, 11) is 0. The number of hydrogen-bond donors (Lipinski definition) is 0. The van der Waals surface area contributed by atoms with Crippen molar-refractivity contribution in [2.45, 2.75) is 6.54 Å². The SMILES string of the molecule is Brc1ccc(OCCn2cc(/C=N/n3cnnc3)c3ccccc32)cc1. The Bertz CT molecular complexity index is 1020. The molecule has 4 aromatic rings. The summed E-state index contributed by atoms with van der Waals surface area (Å²) < 4.78 is 10.6. The van der Waals surface area contributed by atoms with E-state index in [1.165, 1.54) is 0 Å². The molecule has 0 saturated heterocycles. The molecule has 0 aliphatic heterocycles. The van der Waals surface area contributed by atoms with Gasteiger partial charge in [0.2, 0.25) is 0 Å². The van der Waals surface area contributed by atoms with E-state index in [1.807, 2.05) is 42.6 Å². The number of ether oxygens (including phenoxy) is 1. The van der Waals surface area contributed by atoms with E-state index in [9.17, 15) is 0 Å². The first kappa shape index (κ1) is 16.5. The lowest BCUT2D eigenvalue weighted by molar-refractivity contribution is 0.300. The molecule has 4 rings (SSSR count). The Morgan fingerprint density at radius 2 is 1.81 bits per heavy atom. The van der Waals surface area contributed by atoms with Gasteiger partial charge < -0.3 is 9.30 Å². The molecule has 7 heteroatoms. The molecule has 0 fully saturated rings. The van der Waals surface area contributed by atoms with Crippen LogP contribution in [0.15, 0.2) is 77.0 Å². The summed E-state index contributed by atoms with van der Waals surface area (Å²) in [6.45, 7) is 1.33. The van der Waals surface area contributed by atoms with Gasteiger partial charge in [-0.15, -0.1) is 10.2 Å². The van der Waals surface area contributed by atoms with Crippen molar-refractivity contribution in [1.82, 2.24) is 19.4 Å². The van der Waals surface area contributed by atoms with Crippen LogP contribution in [-0.2, 0) is 6.54 Å². The van der Waals surface area contributed by atoms with Gasteiger partial charge in [0, 0.05) is 27.1 Å². The van der Waals surface area contributed by atoms with E-state index in [-0.39, 0.29) is 0 Å². The molecule has 0 saturated carbocycles. The molecule has 6 nitrogen and oxygen atoms in total. The number of aromatic nitrogens is 4. The van der Waals surface area contributed by atoms with E-state index < -0.39 is 0 Å². The minimum atomic E-state index is 0.586. The lowest BCUT2D eigenvalue weighted by Crippen LogP contribution is -2.07. The zero-order chi connectivity index (χ0) is 17.8. The predicted molar refractivity (Wildman–Crippen MR) is 105 cm³/mol. The average Bonchev–Trinajstić information content (AvgIpc) is 3.30. The lowest BCUT2D eigenvalue weighted by atomic mass is 10.2. The van der Waals surface area contributed by atoms with E-state index in [1.54, 1.807) is 17.3 Å².